The first kappa shape index (κ1) is 12.4. The Morgan fingerprint density at radius 1 is 1.31 bits per heavy atom. The van der Waals surface area contributed by atoms with E-state index in [0.29, 0.717) is 27.2 Å². The van der Waals surface area contributed by atoms with Crippen molar-refractivity contribution in [2.75, 3.05) is 11.1 Å². The van der Waals surface area contributed by atoms with Gasteiger partial charge in [0.2, 0.25) is 0 Å². The van der Waals surface area contributed by atoms with Gasteiger partial charge < -0.3 is 11.1 Å². The van der Waals surface area contributed by atoms with Gasteiger partial charge in [0.25, 0.3) is 0 Å². The molecule has 1 aromatic rings. The maximum Gasteiger partial charge on any atom is 0.131 e. The molecule has 5 heteroatoms. The highest BCUT2D eigenvalue weighted by atomic mass is 32.1. The highest BCUT2D eigenvalue weighted by molar-refractivity contribution is 7.17. The van der Waals surface area contributed by atoms with Gasteiger partial charge in [-0.1, -0.05) is 13.8 Å². The minimum Gasteiger partial charge on any atom is -0.396 e. The van der Waals surface area contributed by atoms with Gasteiger partial charge in [0.05, 0.1) is 5.69 Å². The Labute approximate surface area is 99.3 Å². The molecule has 16 heavy (non-hydrogen) atoms. The van der Waals surface area contributed by atoms with E-state index in [1.165, 1.54) is 11.3 Å². The second-order valence-corrected chi connectivity index (χ2v) is 4.45. The molecule has 0 spiro atoms. The number of hydrogen-bond acceptors (Lipinski definition) is 5. The Bertz CT molecular complexity index is 446. The van der Waals surface area contributed by atoms with Crippen LogP contribution in [0.1, 0.15) is 37.1 Å². The standard InChI is InChI=1S/C11H14N4S/c1-3-7(4-2)15-11-8(5-12)10(14)9(6-13)16-11/h7,15H,3-4,14H2,1-2H3. The number of thiophene rings is 1. The van der Waals surface area contributed by atoms with Crippen molar-refractivity contribution >= 4 is 22.0 Å². The van der Waals surface area contributed by atoms with Crippen LogP contribution in [0.3, 0.4) is 0 Å². The third-order valence-electron chi connectivity index (χ3n) is 2.48. The number of rotatable bonds is 4. The minimum atomic E-state index is 0.295. The van der Waals surface area contributed by atoms with Crippen LogP contribution in [0, 0.1) is 22.7 Å². The van der Waals surface area contributed by atoms with Crippen LogP contribution in [-0.4, -0.2) is 6.04 Å². The Kier molecular flexibility index (Phi) is 4.16. The number of nitrogen functional groups attached to an aromatic ring is 1. The van der Waals surface area contributed by atoms with E-state index in [9.17, 15) is 0 Å². The molecule has 0 radical (unpaired) electrons. The van der Waals surface area contributed by atoms with Crippen molar-refractivity contribution in [3.63, 3.8) is 0 Å². The van der Waals surface area contributed by atoms with Crippen molar-refractivity contribution in [2.24, 2.45) is 0 Å². The topological polar surface area (TPSA) is 85.6 Å². The summed E-state index contributed by atoms with van der Waals surface area (Å²) in [4.78, 5) is 0.407. The van der Waals surface area contributed by atoms with Crippen molar-refractivity contribution in [1.29, 1.82) is 10.5 Å². The van der Waals surface area contributed by atoms with Crippen molar-refractivity contribution in [2.45, 2.75) is 32.7 Å². The van der Waals surface area contributed by atoms with E-state index in [1.807, 2.05) is 12.1 Å². The van der Waals surface area contributed by atoms with Crippen molar-refractivity contribution < 1.29 is 0 Å². The van der Waals surface area contributed by atoms with Gasteiger partial charge in [-0.25, -0.2) is 0 Å². The lowest BCUT2D eigenvalue weighted by Gasteiger charge is -2.14. The zero-order valence-corrected chi connectivity index (χ0v) is 10.2. The second-order valence-electron chi connectivity index (χ2n) is 3.43. The molecule has 1 rings (SSSR count). The lowest BCUT2D eigenvalue weighted by atomic mass is 10.1. The van der Waals surface area contributed by atoms with Gasteiger partial charge in [0.1, 0.15) is 27.6 Å². The largest absolute Gasteiger partial charge is 0.396 e. The Hall–Kier alpha value is -1.72. The zero-order valence-electron chi connectivity index (χ0n) is 9.37. The molecule has 4 nitrogen and oxygen atoms in total. The van der Waals surface area contributed by atoms with Crippen molar-refractivity contribution in [3.05, 3.63) is 10.4 Å². The quantitative estimate of drug-likeness (QED) is 0.838. The van der Waals surface area contributed by atoms with E-state index in [4.69, 9.17) is 16.3 Å². The number of nitrogens with two attached hydrogens (primary N) is 1. The van der Waals surface area contributed by atoms with Gasteiger partial charge in [-0.3, -0.25) is 0 Å². The zero-order chi connectivity index (χ0) is 12.1. The van der Waals surface area contributed by atoms with Gasteiger partial charge in [-0.15, -0.1) is 11.3 Å². The summed E-state index contributed by atoms with van der Waals surface area (Å²) < 4.78 is 0. The average Bonchev–Trinajstić information content (AvgIpc) is 2.61. The number of nitrogens with one attached hydrogen (secondary N) is 1. The Morgan fingerprint density at radius 2 is 1.94 bits per heavy atom. The fourth-order valence-electron chi connectivity index (χ4n) is 1.42. The molecule has 84 valence electrons. The van der Waals surface area contributed by atoms with E-state index in [-0.39, 0.29) is 0 Å². The summed E-state index contributed by atoms with van der Waals surface area (Å²) in [5.74, 6) is 0. The molecule has 0 saturated carbocycles. The number of anilines is 2. The van der Waals surface area contributed by atoms with Crippen LogP contribution in [0.25, 0.3) is 0 Å². The van der Waals surface area contributed by atoms with Gasteiger partial charge >= 0.3 is 0 Å². The van der Waals surface area contributed by atoms with Gasteiger partial charge in [0, 0.05) is 6.04 Å². The summed E-state index contributed by atoms with van der Waals surface area (Å²) in [6.45, 7) is 4.16. The first-order valence-electron chi connectivity index (χ1n) is 5.16. The molecule has 0 amide bonds. The Morgan fingerprint density at radius 3 is 2.38 bits per heavy atom. The minimum absolute atomic E-state index is 0.295. The van der Waals surface area contributed by atoms with Gasteiger partial charge in [0.15, 0.2) is 0 Å². The SMILES string of the molecule is CCC(CC)Nc1sc(C#N)c(N)c1C#N. The molecule has 0 aliphatic heterocycles. The van der Waals surface area contributed by atoms with E-state index < -0.39 is 0 Å². The van der Waals surface area contributed by atoms with Crippen LogP contribution in [0.4, 0.5) is 10.7 Å². The first-order valence-corrected chi connectivity index (χ1v) is 5.98. The summed E-state index contributed by atoms with van der Waals surface area (Å²) in [5, 5.41) is 21.8. The predicted octanol–water partition coefficient (Wildman–Crippen LogP) is 2.67. The number of nitrogens with zero attached hydrogens (tertiary/aromatic N) is 2. The average molecular weight is 234 g/mol. The maximum absolute atomic E-state index is 8.99. The molecule has 0 unspecified atom stereocenters. The van der Waals surface area contributed by atoms with Crippen LogP contribution in [0.15, 0.2) is 0 Å². The molecule has 0 aliphatic rings. The van der Waals surface area contributed by atoms with E-state index in [0.717, 1.165) is 12.8 Å². The van der Waals surface area contributed by atoms with Crippen LogP contribution in [-0.2, 0) is 0 Å². The summed E-state index contributed by atoms with van der Waals surface area (Å²) in [6, 6.07) is 4.36. The molecule has 0 bridgehead atoms. The van der Waals surface area contributed by atoms with Crippen LogP contribution in [0.5, 0.6) is 0 Å². The molecule has 0 aromatic carbocycles. The molecule has 0 atom stereocenters. The van der Waals surface area contributed by atoms with Gasteiger partial charge in [-0.2, -0.15) is 10.5 Å². The molecule has 0 aliphatic carbocycles. The lowest BCUT2D eigenvalue weighted by Crippen LogP contribution is -2.16. The highest BCUT2D eigenvalue weighted by Gasteiger charge is 2.17. The maximum atomic E-state index is 8.99. The second kappa shape index (κ2) is 5.39. The van der Waals surface area contributed by atoms with E-state index in [2.05, 4.69) is 19.2 Å². The molecule has 1 aromatic heterocycles. The molecular weight excluding hydrogens is 220 g/mol. The summed E-state index contributed by atoms with van der Waals surface area (Å²) in [6.07, 6.45) is 1.95. The van der Waals surface area contributed by atoms with Crippen molar-refractivity contribution in [3.8, 4) is 12.1 Å². The van der Waals surface area contributed by atoms with Crippen molar-refractivity contribution in [1.82, 2.24) is 0 Å². The normalized spacial score (nSPS) is 9.81. The van der Waals surface area contributed by atoms with Crippen LogP contribution in [0.2, 0.25) is 0 Å². The Balaban J connectivity index is 3.06. The smallest absolute Gasteiger partial charge is 0.131 e. The number of nitriles is 2. The summed E-state index contributed by atoms with van der Waals surface area (Å²) in [5.41, 5.74) is 6.40. The van der Waals surface area contributed by atoms with E-state index in [1.54, 1.807) is 0 Å². The van der Waals surface area contributed by atoms with E-state index >= 15 is 0 Å². The molecule has 0 fully saturated rings. The van der Waals surface area contributed by atoms with Crippen LogP contribution < -0.4 is 11.1 Å². The third kappa shape index (κ3) is 2.26. The predicted molar refractivity (Wildman–Crippen MR) is 66.2 cm³/mol. The summed E-state index contributed by atoms with van der Waals surface area (Å²) in [7, 11) is 0. The lowest BCUT2D eigenvalue weighted by molar-refractivity contribution is 0.673. The third-order valence-corrected chi connectivity index (χ3v) is 3.52. The monoisotopic (exact) mass is 234 g/mol. The van der Waals surface area contributed by atoms with Crippen LogP contribution >= 0.6 is 11.3 Å². The number of hydrogen-bond donors (Lipinski definition) is 2. The fraction of sp³-hybridized carbons (Fsp3) is 0.455. The highest BCUT2D eigenvalue weighted by Crippen LogP contribution is 2.35. The summed E-state index contributed by atoms with van der Waals surface area (Å²) >= 11 is 1.25. The first-order chi connectivity index (χ1) is 7.67. The molecule has 3 N–H and O–H groups in total. The van der Waals surface area contributed by atoms with Gasteiger partial charge in [-0.05, 0) is 12.8 Å². The fourth-order valence-corrected chi connectivity index (χ4v) is 2.36. The molecular formula is C11H14N4S. The molecule has 0 saturated heterocycles. The molecule has 1 heterocycles.